The van der Waals surface area contributed by atoms with Crippen molar-refractivity contribution in [1.82, 2.24) is 0 Å². The molecule has 0 fully saturated rings. The number of rotatable bonds is 5. The molecular formula is C17H20BrNO. The van der Waals surface area contributed by atoms with Crippen LogP contribution in [0, 0.1) is 0 Å². The number of halogens is 1. The molecule has 0 aliphatic heterocycles. The molecule has 0 amide bonds. The SMILES string of the molecule is COc1ccc(Br)cc1CC(N)C(C)c1ccccc1. The van der Waals surface area contributed by atoms with E-state index in [-0.39, 0.29) is 6.04 Å². The Hall–Kier alpha value is -1.32. The van der Waals surface area contributed by atoms with Crippen molar-refractivity contribution in [2.24, 2.45) is 5.73 Å². The zero-order valence-corrected chi connectivity index (χ0v) is 13.4. The standard InChI is InChI=1S/C17H20BrNO/c1-12(13-6-4-3-5-7-13)16(19)11-14-10-15(18)8-9-17(14)20-2/h3-10,12,16H,11,19H2,1-2H3. The predicted molar refractivity (Wildman–Crippen MR) is 87.2 cm³/mol. The summed E-state index contributed by atoms with van der Waals surface area (Å²) in [4.78, 5) is 0. The first-order chi connectivity index (χ1) is 9.61. The first-order valence-electron chi connectivity index (χ1n) is 6.74. The highest BCUT2D eigenvalue weighted by Gasteiger charge is 2.17. The van der Waals surface area contributed by atoms with Gasteiger partial charge in [0.15, 0.2) is 0 Å². The van der Waals surface area contributed by atoms with Gasteiger partial charge in [0.2, 0.25) is 0 Å². The molecule has 20 heavy (non-hydrogen) atoms. The van der Waals surface area contributed by atoms with Crippen molar-refractivity contribution in [1.29, 1.82) is 0 Å². The van der Waals surface area contributed by atoms with E-state index in [1.807, 2.05) is 18.2 Å². The minimum Gasteiger partial charge on any atom is -0.496 e. The normalized spacial score (nSPS) is 13.8. The van der Waals surface area contributed by atoms with E-state index in [0.717, 1.165) is 22.2 Å². The first kappa shape index (κ1) is 15.1. The van der Waals surface area contributed by atoms with Crippen molar-refractivity contribution in [3.8, 4) is 5.75 Å². The molecule has 2 N–H and O–H groups in total. The lowest BCUT2D eigenvalue weighted by molar-refractivity contribution is 0.406. The Kier molecular flexibility index (Phi) is 5.21. The van der Waals surface area contributed by atoms with Crippen molar-refractivity contribution in [2.45, 2.75) is 25.3 Å². The molecule has 2 aromatic carbocycles. The first-order valence-corrected chi connectivity index (χ1v) is 7.54. The van der Waals surface area contributed by atoms with Crippen LogP contribution in [0.2, 0.25) is 0 Å². The lowest BCUT2D eigenvalue weighted by Crippen LogP contribution is -2.29. The number of ether oxygens (including phenoxy) is 1. The van der Waals surface area contributed by atoms with Gasteiger partial charge in [-0.2, -0.15) is 0 Å². The number of methoxy groups -OCH3 is 1. The molecular weight excluding hydrogens is 314 g/mol. The summed E-state index contributed by atoms with van der Waals surface area (Å²) >= 11 is 3.50. The van der Waals surface area contributed by atoms with Gasteiger partial charge in [0.25, 0.3) is 0 Å². The maximum absolute atomic E-state index is 6.38. The van der Waals surface area contributed by atoms with Crippen molar-refractivity contribution >= 4 is 15.9 Å². The number of hydrogen-bond acceptors (Lipinski definition) is 2. The van der Waals surface area contributed by atoms with E-state index in [4.69, 9.17) is 10.5 Å². The third kappa shape index (κ3) is 3.62. The highest BCUT2D eigenvalue weighted by Crippen LogP contribution is 2.27. The van der Waals surface area contributed by atoms with E-state index in [1.54, 1.807) is 7.11 Å². The predicted octanol–water partition coefficient (Wildman–Crippen LogP) is 4.13. The zero-order valence-electron chi connectivity index (χ0n) is 11.8. The third-order valence-corrected chi connectivity index (χ3v) is 4.16. The molecule has 0 radical (unpaired) electrons. The molecule has 0 saturated heterocycles. The van der Waals surface area contributed by atoms with Gasteiger partial charge in [-0.3, -0.25) is 0 Å². The maximum atomic E-state index is 6.38. The quantitative estimate of drug-likeness (QED) is 0.892. The minimum atomic E-state index is 0.0561. The van der Waals surface area contributed by atoms with Gasteiger partial charge in [0.05, 0.1) is 7.11 Å². The summed E-state index contributed by atoms with van der Waals surface area (Å²) in [5.74, 6) is 1.20. The summed E-state index contributed by atoms with van der Waals surface area (Å²) < 4.78 is 6.46. The van der Waals surface area contributed by atoms with Crippen LogP contribution in [0.3, 0.4) is 0 Å². The monoisotopic (exact) mass is 333 g/mol. The molecule has 2 aromatic rings. The van der Waals surface area contributed by atoms with Crippen LogP contribution in [-0.4, -0.2) is 13.2 Å². The Bertz CT molecular complexity index is 556. The fraction of sp³-hybridized carbons (Fsp3) is 0.294. The number of nitrogens with two attached hydrogens (primary N) is 1. The number of hydrogen-bond donors (Lipinski definition) is 1. The van der Waals surface area contributed by atoms with Gasteiger partial charge >= 0.3 is 0 Å². The summed E-state index contributed by atoms with van der Waals surface area (Å²) in [5, 5.41) is 0. The molecule has 3 heteroatoms. The Morgan fingerprint density at radius 3 is 2.50 bits per heavy atom. The second-order valence-electron chi connectivity index (χ2n) is 5.02. The maximum Gasteiger partial charge on any atom is 0.122 e. The molecule has 2 atom stereocenters. The van der Waals surface area contributed by atoms with Crippen LogP contribution in [0.15, 0.2) is 53.0 Å². The highest BCUT2D eigenvalue weighted by atomic mass is 79.9. The number of benzene rings is 2. The largest absolute Gasteiger partial charge is 0.496 e. The van der Waals surface area contributed by atoms with E-state index in [0.29, 0.717) is 5.92 Å². The summed E-state index contributed by atoms with van der Waals surface area (Å²) in [7, 11) is 1.69. The van der Waals surface area contributed by atoms with E-state index < -0.39 is 0 Å². The van der Waals surface area contributed by atoms with E-state index >= 15 is 0 Å². The van der Waals surface area contributed by atoms with Crippen LogP contribution in [0.5, 0.6) is 5.75 Å². The molecule has 0 aliphatic carbocycles. The van der Waals surface area contributed by atoms with Gasteiger partial charge in [-0.25, -0.2) is 0 Å². The van der Waals surface area contributed by atoms with Crippen LogP contribution in [0.1, 0.15) is 24.0 Å². The fourth-order valence-corrected chi connectivity index (χ4v) is 2.75. The molecule has 2 nitrogen and oxygen atoms in total. The molecule has 106 valence electrons. The average molecular weight is 334 g/mol. The second-order valence-corrected chi connectivity index (χ2v) is 5.94. The molecule has 0 heterocycles. The summed E-state index contributed by atoms with van der Waals surface area (Å²) in [6.07, 6.45) is 0.790. The molecule has 0 aliphatic rings. The summed E-state index contributed by atoms with van der Waals surface area (Å²) in [6.45, 7) is 2.17. The molecule has 2 rings (SSSR count). The van der Waals surface area contributed by atoms with Gasteiger partial charge in [0.1, 0.15) is 5.75 Å². The van der Waals surface area contributed by atoms with E-state index in [9.17, 15) is 0 Å². The average Bonchev–Trinajstić information content (AvgIpc) is 2.47. The lowest BCUT2D eigenvalue weighted by Gasteiger charge is -2.21. The fourth-order valence-electron chi connectivity index (χ4n) is 2.34. The van der Waals surface area contributed by atoms with Crippen molar-refractivity contribution in [3.63, 3.8) is 0 Å². The highest BCUT2D eigenvalue weighted by molar-refractivity contribution is 9.10. The van der Waals surface area contributed by atoms with Crippen molar-refractivity contribution in [3.05, 3.63) is 64.1 Å². The topological polar surface area (TPSA) is 35.2 Å². The van der Waals surface area contributed by atoms with E-state index in [1.165, 1.54) is 5.56 Å². The van der Waals surface area contributed by atoms with Crippen molar-refractivity contribution < 1.29 is 4.74 Å². The van der Waals surface area contributed by atoms with Crippen LogP contribution in [0.25, 0.3) is 0 Å². The van der Waals surface area contributed by atoms with Gasteiger partial charge in [-0.1, -0.05) is 53.2 Å². The van der Waals surface area contributed by atoms with Gasteiger partial charge < -0.3 is 10.5 Å². The Balaban J connectivity index is 2.15. The van der Waals surface area contributed by atoms with Crippen molar-refractivity contribution in [2.75, 3.05) is 7.11 Å². The van der Waals surface area contributed by atoms with Crippen LogP contribution < -0.4 is 10.5 Å². The Morgan fingerprint density at radius 2 is 1.85 bits per heavy atom. The summed E-state index contributed by atoms with van der Waals surface area (Å²) in [6, 6.07) is 16.5. The van der Waals surface area contributed by atoms with Gasteiger partial charge in [0, 0.05) is 10.5 Å². The van der Waals surface area contributed by atoms with Gasteiger partial charge in [-0.05, 0) is 41.7 Å². The smallest absolute Gasteiger partial charge is 0.122 e. The molecule has 0 spiro atoms. The molecule has 0 aromatic heterocycles. The Morgan fingerprint density at radius 1 is 1.15 bits per heavy atom. The third-order valence-electron chi connectivity index (χ3n) is 3.67. The van der Waals surface area contributed by atoms with Crippen LogP contribution in [0.4, 0.5) is 0 Å². The minimum absolute atomic E-state index is 0.0561. The molecule has 0 saturated carbocycles. The molecule has 2 unspecified atom stereocenters. The van der Waals surface area contributed by atoms with Crippen LogP contribution in [-0.2, 0) is 6.42 Å². The second kappa shape index (κ2) is 6.91. The van der Waals surface area contributed by atoms with Gasteiger partial charge in [-0.15, -0.1) is 0 Å². The van der Waals surface area contributed by atoms with Crippen LogP contribution >= 0.6 is 15.9 Å². The Labute approximate surface area is 129 Å². The lowest BCUT2D eigenvalue weighted by atomic mass is 9.89. The van der Waals surface area contributed by atoms with E-state index in [2.05, 4.69) is 53.2 Å². The molecule has 0 bridgehead atoms. The zero-order chi connectivity index (χ0) is 14.5. The summed E-state index contributed by atoms with van der Waals surface area (Å²) in [5.41, 5.74) is 8.79.